The van der Waals surface area contributed by atoms with Crippen molar-refractivity contribution in [3.05, 3.63) is 12.7 Å². The standard InChI is InChI=1S/C21H39BO6/c1-3-5-6-7-8-9-10-11-12-13-21-26-18-19(27-21)15-25-17-20(28-22-23)16-24-14-4-2/h4,19-21H,2-3,5-18H2,1H3. The molecule has 0 amide bonds. The summed E-state index contributed by atoms with van der Waals surface area (Å²) in [7, 11) is 0.418. The van der Waals surface area contributed by atoms with E-state index in [4.69, 9.17) is 23.6 Å². The van der Waals surface area contributed by atoms with Crippen molar-refractivity contribution < 1.29 is 28.3 Å². The van der Waals surface area contributed by atoms with Crippen LogP contribution in [0.5, 0.6) is 0 Å². The summed E-state index contributed by atoms with van der Waals surface area (Å²) in [5.74, 6) is 0. The van der Waals surface area contributed by atoms with E-state index in [0.29, 0.717) is 27.2 Å². The fourth-order valence-corrected chi connectivity index (χ4v) is 3.19. The van der Waals surface area contributed by atoms with E-state index in [1.165, 1.54) is 51.4 Å². The Bertz CT molecular complexity index is 382. The van der Waals surface area contributed by atoms with Gasteiger partial charge in [0.15, 0.2) is 0 Å². The van der Waals surface area contributed by atoms with Crippen LogP contribution < -0.4 is 0 Å². The first-order chi connectivity index (χ1) is 13.8. The zero-order valence-corrected chi connectivity index (χ0v) is 17.6. The van der Waals surface area contributed by atoms with Crippen LogP contribution in [0.3, 0.4) is 0 Å². The van der Waals surface area contributed by atoms with Gasteiger partial charge in [-0.1, -0.05) is 45.4 Å². The van der Waals surface area contributed by atoms with Crippen LogP contribution in [0.2, 0.25) is 0 Å². The van der Waals surface area contributed by atoms with Crippen molar-refractivity contribution in [2.45, 2.75) is 89.6 Å². The molecule has 1 aliphatic heterocycles. The van der Waals surface area contributed by atoms with Crippen molar-refractivity contribution in [3.63, 3.8) is 0 Å². The van der Waals surface area contributed by atoms with E-state index in [1.54, 1.807) is 6.08 Å². The van der Waals surface area contributed by atoms with Crippen LogP contribution in [0, 0.1) is 0 Å². The predicted molar refractivity (Wildman–Crippen MR) is 110 cm³/mol. The molecule has 162 valence electrons. The van der Waals surface area contributed by atoms with Gasteiger partial charge in [-0.05, 0) is 0 Å². The zero-order valence-electron chi connectivity index (χ0n) is 17.6. The van der Waals surface area contributed by atoms with Gasteiger partial charge in [0.1, 0.15) is 0 Å². The molecule has 0 aliphatic carbocycles. The molecule has 0 aromatic rings. The van der Waals surface area contributed by atoms with Crippen molar-refractivity contribution in [2.75, 3.05) is 33.0 Å². The van der Waals surface area contributed by atoms with Gasteiger partial charge in [-0.25, -0.2) is 0 Å². The minimum absolute atomic E-state index is 0.0606. The average Bonchev–Trinajstić information content (AvgIpc) is 3.14. The van der Waals surface area contributed by atoms with Crippen LogP contribution in [0.15, 0.2) is 12.7 Å². The van der Waals surface area contributed by atoms with E-state index in [-0.39, 0.29) is 25.6 Å². The van der Waals surface area contributed by atoms with Crippen LogP contribution in [0.25, 0.3) is 0 Å². The van der Waals surface area contributed by atoms with Gasteiger partial charge in [-0.2, -0.15) is 0 Å². The Balaban J connectivity index is 1.99. The fourth-order valence-electron chi connectivity index (χ4n) is 3.19. The van der Waals surface area contributed by atoms with Crippen LogP contribution in [0.1, 0.15) is 71.1 Å². The van der Waals surface area contributed by atoms with Crippen LogP contribution in [-0.4, -0.2) is 58.9 Å². The second-order valence-electron chi connectivity index (χ2n) is 7.36. The SMILES string of the molecule is C=CCOCC(COCC1COC(CCCCCCCCCCC)O1)OB=O. The summed E-state index contributed by atoms with van der Waals surface area (Å²) in [6, 6.07) is 0. The van der Waals surface area contributed by atoms with Gasteiger partial charge in [0.05, 0.1) is 0 Å². The average molecular weight is 398 g/mol. The van der Waals surface area contributed by atoms with Crippen molar-refractivity contribution in [2.24, 2.45) is 0 Å². The minimum atomic E-state index is -0.419. The molecule has 1 rings (SSSR count). The molecule has 0 saturated carbocycles. The van der Waals surface area contributed by atoms with Crippen LogP contribution >= 0.6 is 0 Å². The summed E-state index contributed by atoms with van der Waals surface area (Å²) >= 11 is 0. The van der Waals surface area contributed by atoms with Crippen molar-refractivity contribution in [3.8, 4) is 0 Å². The summed E-state index contributed by atoms with van der Waals surface area (Å²) in [6.07, 6.45) is 13.8. The number of hydrogen-bond acceptors (Lipinski definition) is 6. The monoisotopic (exact) mass is 398 g/mol. The molecule has 0 N–H and O–H groups in total. The van der Waals surface area contributed by atoms with E-state index in [2.05, 4.69) is 13.5 Å². The third-order valence-corrected chi connectivity index (χ3v) is 4.75. The number of rotatable bonds is 20. The molecule has 28 heavy (non-hydrogen) atoms. The molecule has 6 nitrogen and oxygen atoms in total. The van der Waals surface area contributed by atoms with Crippen molar-refractivity contribution in [1.29, 1.82) is 0 Å². The van der Waals surface area contributed by atoms with E-state index in [0.717, 1.165) is 12.8 Å². The van der Waals surface area contributed by atoms with Crippen LogP contribution in [-0.2, 0) is 28.3 Å². The Labute approximate surface area is 171 Å². The van der Waals surface area contributed by atoms with Gasteiger partial charge in [-0.3, -0.25) is 0 Å². The summed E-state index contributed by atoms with van der Waals surface area (Å²) < 4.78 is 38.0. The Morgan fingerprint density at radius 2 is 1.75 bits per heavy atom. The zero-order chi connectivity index (χ0) is 20.3. The summed E-state index contributed by atoms with van der Waals surface area (Å²) in [4.78, 5) is 0. The third-order valence-electron chi connectivity index (χ3n) is 4.75. The van der Waals surface area contributed by atoms with Gasteiger partial charge in [-0.15, -0.1) is 0 Å². The molecule has 0 aromatic carbocycles. The Morgan fingerprint density at radius 3 is 2.43 bits per heavy atom. The van der Waals surface area contributed by atoms with Gasteiger partial charge in [0, 0.05) is 0 Å². The first kappa shape index (κ1) is 25.3. The number of unbranched alkanes of at least 4 members (excludes halogenated alkanes) is 8. The third kappa shape index (κ3) is 13.4. The number of ether oxygens (including phenoxy) is 4. The van der Waals surface area contributed by atoms with Gasteiger partial charge in [0.25, 0.3) is 0 Å². The molecule has 0 aromatic heterocycles. The fraction of sp³-hybridized carbons (Fsp3) is 0.905. The molecule has 1 saturated heterocycles. The molecule has 3 unspecified atom stereocenters. The van der Waals surface area contributed by atoms with E-state index in [9.17, 15) is 4.70 Å². The van der Waals surface area contributed by atoms with E-state index in [1.807, 2.05) is 0 Å². The van der Waals surface area contributed by atoms with E-state index < -0.39 is 6.10 Å². The quantitative estimate of drug-likeness (QED) is 0.174. The summed E-state index contributed by atoms with van der Waals surface area (Å²) in [5.41, 5.74) is 0. The van der Waals surface area contributed by atoms with Crippen LogP contribution in [0.4, 0.5) is 0 Å². The van der Waals surface area contributed by atoms with E-state index >= 15 is 0 Å². The Morgan fingerprint density at radius 1 is 1.07 bits per heavy atom. The molecule has 1 fully saturated rings. The maximum atomic E-state index is 10.5. The predicted octanol–water partition coefficient (Wildman–Crippen LogP) is 4.22. The molecular weight excluding hydrogens is 359 g/mol. The first-order valence-electron chi connectivity index (χ1n) is 10.9. The second-order valence-corrected chi connectivity index (χ2v) is 7.36. The molecule has 7 heteroatoms. The molecule has 3 atom stereocenters. The number of hydrogen-bond donors (Lipinski definition) is 0. The van der Waals surface area contributed by atoms with Crippen molar-refractivity contribution in [1.82, 2.24) is 0 Å². The molecule has 1 aliphatic rings. The van der Waals surface area contributed by atoms with Gasteiger partial charge in [0.2, 0.25) is 0 Å². The first-order valence-corrected chi connectivity index (χ1v) is 10.9. The normalized spacial score (nSPS) is 20.0. The summed E-state index contributed by atoms with van der Waals surface area (Å²) in [5, 5.41) is 0. The second kappa shape index (κ2) is 18.3. The molecule has 0 bridgehead atoms. The molecule has 0 radical (unpaired) electrons. The molecule has 1 heterocycles. The van der Waals surface area contributed by atoms with Gasteiger partial charge < -0.3 is 0 Å². The maximum absolute atomic E-state index is 10.5. The summed E-state index contributed by atoms with van der Waals surface area (Å²) in [6.45, 7) is 7.78. The topological polar surface area (TPSA) is 63.2 Å². The Hall–Kier alpha value is -0.755. The van der Waals surface area contributed by atoms with Gasteiger partial charge >= 0.3 is 126 Å². The Kier molecular flexibility index (Phi) is 16.5. The van der Waals surface area contributed by atoms with Crippen molar-refractivity contribution >= 4 is 7.35 Å². The molecule has 0 spiro atoms. The molecular formula is C21H39BO6.